The fourth-order valence-corrected chi connectivity index (χ4v) is 3.42. The molecule has 1 saturated heterocycles. The number of benzene rings is 1. The molecule has 2 amide bonds. The van der Waals surface area contributed by atoms with Gasteiger partial charge < -0.3 is 11.1 Å². The van der Waals surface area contributed by atoms with Gasteiger partial charge in [0.15, 0.2) is 0 Å². The van der Waals surface area contributed by atoms with Crippen LogP contribution in [0.25, 0.3) is 0 Å². The zero-order valence-electron chi connectivity index (χ0n) is 13.4. The van der Waals surface area contributed by atoms with E-state index >= 15 is 0 Å². The molecule has 0 unspecified atom stereocenters. The van der Waals surface area contributed by atoms with Crippen LogP contribution in [0.5, 0.6) is 0 Å². The first kappa shape index (κ1) is 16.8. The summed E-state index contributed by atoms with van der Waals surface area (Å²) < 4.78 is 27.5. The van der Waals surface area contributed by atoms with Gasteiger partial charge in [0.25, 0.3) is 0 Å². The van der Waals surface area contributed by atoms with Crippen LogP contribution in [0.1, 0.15) is 31.2 Å². The van der Waals surface area contributed by atoms with Crippen LogP contribution in [0.2, 0.25) is 0 Å². The van der Waals surface area contributed by atoms with E-state index < -0.39 is 23.1 Å². The minimum atomic E-state index is -0.796. The summed E-state index contributed by atoms with van der Waals surface area (Å²) in [6.07, 6.45) is 2.70. The second-order valence-corrected chi connectivity index (χ2v) is 6.74. The number of piperidine rings is 1. The average Bonchev–Trinajstić information content (AvgIpc) is 3.30. The fourth-order valence-electron chi connectivity index (χ4n) is 3.42. The van der Waals surface area contributed by atoms with E-state index in [4.69, 9.17) is 5.73 Å². The van der Waals surface area contributed by atoms with Crippen molar-refractivity contribution < 1.29 is 18.4 Å². The maximum Gasteiger partial charge on any atom is 0.231 e. The van der Waals surface area contributed by atoms with Crippen molar-refractivity contribution in [2.75, 3.05) is 19.6 Å². The molecule has 1 heterocycles. The molecular formula is C17H21F2N3O2. The Hall–Kier alpha value is -2.02. The van der Waals surface area contributed by atoms with Crippen LogP contribution in [0.15, 0.2) is 18.2 Å². The number of rotatable bonds is 5. The van der Waals surface area contributed by atoms with Crippen LogP contribution in [0.4, 0.5) is 8.78 Å². The Morgan fingerprint density at radius 3 is 2.75 bits per heavy atom. The normalized spacial score (nSPS) is 22.8. The van der Waals surface area contributed by atoms with Crippen molar-refractivity contribution in [3.05, 3.63) is 35.4 Å². The predicted molar refractivity (Wildman–Crippen MR) is 83.8 cm³/mol. The third kappa shape index (κ3) is 3.56. The van der Waals surface area contributed by atoms with Crippen LogP contribution in [-0.4, -0.2) is 36.3 Å². The lowest BCUT2D eigenvalue weighted by Gasteiger charge is -2.32. The lowest BCUT2D eigenvalue weighted by atomic mass is 9.95. The van der Waals surface area contributed by atoms with Crippen molar-refractivity contribution in [3.8, 4) is 0 Å². The van der Waals surface area contributed by atoms with Gasteiger partial charge in [-0.25, -0.2) is 8.78 Å². The highest BCUT2D eigenvalue weighted by atomic mass is 19.1. The summed E-state index contributed by atoms with van der Waals surface area (Å²) >= 11 is 0. The van der Waals surface area contributed by atoms with Crippen molar-refractivity contribution in [1.82, 2.24) is 10.2 Å². The van der Waals surface area contributed by atoms with E-state index in [-0.39, 0.29) is 23.9 Å². The second kappa shape index (κ2) is 6.47. The number of nitrogens with zero attached hydrogens (tertiary/aromatic N) is 1. The molecule has 2 aliphatic rings. The highest BCUT2D eigenvalue weighted by Crippen LogP contribution is 2.47. The Morgan fingerprint density at radius 2 is 2.08 bits per heavy atom. The van der Waals surface area contributed by atoms with Gasteiger partial charge in [-0.2, -0.15) is 0 Å². The minimum Gasteiger partial charge on any atom is -0.369 e. The second-order valence-electron chi connectivity index (χ2n) is 6.74. The first-order valence-corrected chi connectivity index (χ1v) is 8.18. The van der Waals surface area contributed by atoms with Gasteiger partial charge in [0.1, 0.15) is 11.6 Å². The number of nitrogens with two attached hydrogens (primary N) is 1. The Kier molecular flexibility index (Phi) is 4.54. The third-order valence-corrected chi connectivity index (χ3v) is 4.81. The van der Waals surface area contributed by atoms with Gasteiger partial charge in [0.05, 0.1) is 18.0 Å². The number of amides is 2. The molecule has 0 aromatic heterocycles. The highest BCUT2D eigenvalue weighted by molar-refractivity contribution is 5.81. The van der Waals surface area contributed by atoms with Crippen molar-refractivity contribution in [2.24, 2.45) is 11.7 Å². The molecule has 1 aliphatic heterocycles. The quantitative estimate of drug-likeness (QED) is 0.850. The van der Waals surface area contributed by atoms with Crippen LogP contribution >= 0.6 is 0 Å². The van der Waals surface area contributed by atoms with Crippen molar-refractivity contribution in [1.29, 1.82) is 0 Å². The van der Waals surface area contributed by atoms with E-state index in [1.807, 2.05) is 4.90 Å². The largest absolute Gasteiger partial charge is 0.369 e. The van der Waals surface area contributed by atoms with E-state index in [1.54, 1.807) is 0 Å². The lowest BCUT2D eigenvalue weighted by Crippen LogP contribution is -2.48. The van der Waals surface area contributed by atoms with Crippen molar-refractivity contribution in [3.63, 3.8) is 0 Å². The van der Waals surface area contributed by atoms with E-state index in [0.29, 0.717) is 25.8 Å². The van der Waals surface area contributed by atoms with E-state index in [1.165, 1.54) is 0 Å². The van der Waals surface area contributed by atoms with Crippen LogP contribution in [0.3, 0.4) is 0 Å². The summed E-state index contributed by atoms with van der Waals surface area (Å²) in [6.45, 7) is 1.32. The summed E-state index contributed by atoms with van der Waals surface area (Å²) in [5.41, 5.74) is 4.62. The summed E-state index contributed by atoms with van der Waals surface area (Å²) in [5, 5.41) is 2.91. The van der Waals surface area contributed by atoms with Crippen molar-refractivity contribution >= 4 is 11.8 Å². The van der Waals surface area contributed by atoms with E-state index in [2.05, 4.69) is 5.32 Å². The molecule has 5 nitrogen and oxygen atoms in total. The SMILES string of the molecule is NC(=O)CN1CCC[C@H](C(=O)NC2(c3cc(F)ccc3F)CC2)C1. The van der Waals surface area contributed by atoms with Gasteiger partial charge >= 0.3 is 0 Å². The van der Waals surface area contributed by atoms with Gasteiger partial charge in [0.2, 0.25) is 11.8 Å². The number of hydrogen-bond acceptors (Lipinski definition) is 3. The molecular weight excluding hydrogens is 316 g/mol. The maximum atomic E-state index is 14.0. The number of hydrogen-bond donors (Lipinski definition) is 2. The molecule has 2 fully saturated rings. The predicted octanol–water partition coefficient (Wildman–Crippen LogP) is 1.27. The zero-order valence-corrected chi connectivity index (χ0v) is 13.4. The summed E-state index contributed by atoms with van der Waals surface area (Å²) in [7, 11) is 0. The topological polar surface area (TPSA) is 75.4 Å². The van der Waals surface area contributed by atoms with Gasteiger partial charge in [-0.05, 0) is 50.4 Å². The van der Waals surface area contributed by atoms with Gasteiger partial charge in [0, 0.05) is 12.1 Å². The molecule has 3 rings (SSSR count). The van der Waals surface area contributed by atoms with E-state index in [0.717, 1.165) is 31.2 Å². The van der Waals surface area contributed by atoms with Gasteiger partial charge in [-0.1, -0.05) is 0 Å². The number of carbonyl (C=O) groups is 2. The fraction of sp³-hybridized carbons (Fsp3) is 0.529. The summed E-state index contributed by atoms with van der Waals surface area (Å²) in [5.74, 6) is -1.89. The minimum absolute atomic E-state index is 0.132. The Bertz CT molecular complexity index is 661. The standard InChI is InChI=1S/C17H21F2N3O2/c18-12-3-4-14(19)13(8-12)17(5-6-17)21-16(24)11-2-1-7-22(9-11)10-15(20)23/h3-4,8,11H,1-2,5-7,9-10H2,(H2,20,23)(H,21,24)/t11-/m0/s1. The third-order valence-electron chi connectivity index (χ3n) is 4.81. The molecule has 7 heteroatoms. The Morgan fingerprint density at radius 1 is 1.33 bits per heavy atom. The number of halogens is 2. The molecule has 0 spiro atoms. The monoisotopic (exact) mass is 337 g/mol. The first-order valence-electron chi connectivity index (χ1n) is 8.18. The Balaban J connectivity index is 1.68. The molecule has 1 atom stereocenters. The number of primary amides is 1. The van der Waals surface area contributed by atoms with Crippen LogP contribution in [-0.2, 0) is 15.1 Å². The molecule has 130 valence electrons. The van der Waals surface area contributed by atoms with Crippen LogP contribution in [0, 0.1) is 17.6 Å². The maximum absolute atomic E-state index is 14.0. The summed E-state index contributed by atoms with van der Waals surface area (Å²) in [6, 6.07) is 3.31. The molecule has 0 radical (unpaired) electrons. The molecule has 3 N–H and O–H groups in total. The van der Waals surface area contributed by atoms with Gasteiger partial charge in [-0.15, -0.1) is 0 Å². The first-order chi connectivity index (χ1) is 11.4. The lowest BCUT2D eigenvalue weighted by molar-refractivity contribution is -0.129. The van der Waals surface area contributed by atoms with Crippen LogP contribution < -0.4 is 11.1 Å². The van der Waals surface area contributed by atoms with Gasteiger partial charge in [-0.3, -0.25) is 14.5 Å². The molecule has 0 bridgehead atoms. The molecule has 1 aromatic carbocycles. The number of likely N-dealkylation sites (tertiary alicyclic amines) is 1. The number of nitrogens with one attached hydrogen (secondary N) is 1. The molecule has 1 aromatic rings. The van der Waals surface area contributed by atoms with Crippen molar-refractivity contribution in [2.45, 2.75) is 31.2 Å². The Labute approximate surface area is 139 Å². The molecule has 24 heavy (non-hydrogen) atoms. The zero-order chi connectivity index (χ0) is 17.3. The average molecular weight is 337 g/mol. The highest BCUT2D eigenvalue weighted by Gasteiger charge is 2.48. The summed E-state index contributed by atoms with van der Waals surface area (Å²) in [4.78, 5) is 25.5. The molecule has 1 saturated carbocycles. The van der Waals surface area contributed by atoms with E-state index in [9.17, 15) is 18.4 Å². The molecule has 1 aliphatic carbocycles. The smallest absolute Gasteiger partial charge is 0.231 e. The number of carbonyl (C=O) groups excluding carboxylic acids is 2.